The molecule has 3 nitrogen and oxygen atoms in total. The highest BCUT2D eigenvalue weighted by atomic mass is 15.4. The molecular formula is C15H29N3. The van der Waals surface area contributed by atoms with Crippen LogP contribution in [-0.2, 0) is 12.5 Å². The van der Waals surface area contributed by atoms with Crippen LogP contribution in [0.5, 0.6) is 0 Å². The molecule has 0 aliphatic carbocycles. The van der Waals surface area contributed by atoms with Crippen LogP contribution in [0.15, 0.2) is 6.20 Å². The van der Waals surface area contributed by atoms with Crippen molar-refractivity contribution >= 4 is 0 Å². The van der Waals surface area contributed by atoms with Crippen LogP contribution in [0, 0.1) is 0 Å². The third kappa shape index (κ3) is 4.43. The molecule has 0 saturated carbocycles. The summed E-state index contributed by atoms with van der Waals surface area (Å²) >= 11 is 0. The first-order valence-corrected chi connectivity index (χ1v) is 7.49. The molecule has 0 saturated heterocycles. The zero-order valence-electron chi connectivity index (χ0n) is 12.6. The first kappa shape index (κ1) is 15.2. The van der Waals surface area contributed by atoms with Gasteiger partial charge in [0, 0.05) is 18.7 Å². The molecule has 1 heterocycles. The van der Waals surface area contributed by atoms with Crippen molar-refractivity contribution in [2.45, 2.75) is 77.6 Å². The summed E-state index contributed by atoms with van der Waals surface area (Å²) in [5, 5.41) is 8.45. The Hall–Kier alpha value is -0.860. The lowest BCUT2D eigenvalue weighted by Gasteiger charge is -2.27. The van der Waals surface area contributed by atoms with Crippen molar-refractivity contribution in [3.05, 3.63) is 11.9 Å². The van der Waals surface area contributed by atoms with Gasteiger partial charge in [-0.3, -0.25) is 4.68 Å². The molecule has 0 N–H and O–H groups in total. The Morgan fingerprint density at radius 1 is 1.06 bits per heavy atom. The van der Waals surface area contributed by atoms with Gasteiger partial charge >= 0.3 is 0 Å². The molecule has 0 aromatic carbocycles. The van der Waals surface area contributed by atoms with Crippen LogP contribution in [0.4, 0.5) is 0 Å². The third-order valence-corrected chi connectivity index (χ3v) is 3.89. The van der Waals surface area contributed by atoms with Crippen LogP contribution in [0.25, 0.3) is 0 Å². The quantitative estimate of drug-likeness (QED) is 0.615. The molecule has 0 spiro atoms. The zero-order valence-corrected chi connectivity index (χ0v) is 12.6. The number of hydrogen-bond donors (Lipinski definition) is 0. The molecule has 3 heteroatoms. The SMILES string of the molecule is CCCCCCC(C)(CCCC)c1cn(C)nn1. The standard InChI is InChI=1S/C15H29N3/c1-5-7-9-10-12-15(3,11-8-6-2)14-13-18(4)17-16-14/h13H,5-12H2,1-4H3. The molecule has 1 rings (SSSR count). The van der Waals surface area contributed by atoms with E-state index in [9.17, 15) is 0 Å². The molecule has 1 unspecified atom stereocenters. The lowest BCUT2D eigenvalue weighted by Crippen LogP contribution is -2.22. The highest BCUT2D eigenvalue weighted by Gasteiger charge is 2.28. The van der Waals surface area contributed by atoms with Gasteiger partial charge in [-0.25, -0.2) is 0 Å². The van der Waals surface area contributed by atoms with Gasteiger partial charge in [0.15, 0.2) is 0 Å². The molecule has 0 bridgehead atoms. The molecule has 0 fully saturated rings. The average Bonchev–Trinajstić information content (AvgIpc) is 2.80. The van der Waals surface area contributed by atoms with Gasteiger partial charge in [-0.1, -0.05) is 64.5 Å². The van der Waals surface area contributed by atoms with Gasteiger partial charge in [-0.2, -0.15) is 0 Å². The molecule has 0 aliphatic heterocycles. The van der Waals surface area contributed by atoms with Crippen LogP contribution >= 0.6 is 0 Å². The van der Waals surface area contributed by atoms with Crippen LogP contribution in [0.2, 0.25) is 0 Å². The van der Waals surface area contributed by atoms with Crippen molar-refractivity contribution in [3.8, 4) is 0 Å². The maximum Gasteiger partial charge on any atom is 0.0885 e. The van der Waals surface area contributed by atoms with Crippen molar-refractivity contribution < 1.29 is 0 Å². The maximum atomic E-state index is 4.35. The van der Waals surface area contributed by atoms with E-state index in [-0.39, 0.29) is 5.41 Å². The van der Waals surface area contributed by atoms with Gasteiger partial charge in [-0.15, -0.1) is 5.10 Å². The highest BCUT2D eigenvalue weighted by molar-refractivity contribution is 5.10. The van der Waals surface area contributed by atoms with Gasteiger partial charge in [0.05, 0.1) is 5.69 Å². The van der Waals surface area contributed by atoms with E-state index >= 15 is 0 Å². The summed E-state index contributed by atoms with van der Waals surface area (Å²) in [6, 6.07) is 0. The minimum atomic E-state index is 0.220. The summed E-state index contributed by atoms with van der Waals surface area (Å²) in [5.74, 6) is 0. The van der Waals surface area contributed by atoms with Gasteiger partial charge in [0.2, 0.25) is 0 Å². The van der Waals surface area contributed by atoms with Crippen LogP contribution in [0.3, 0.4) is 0 Å². The van der Waals surface area contributed by atoms with Crippen molar-refractivity contribution in [1.29, 1.82) is 0 Å². The van der Waals surface area contributed by atoms with E-state index in [2.05, 4.69) is 37.3 Å². The summed E-state index contributed by atoms with van der Waals surface area (Å²) in [6.07, 6.45) is 12.4. The second kappa shape index (κ2) is 7.55. The zero-order chi connectivity index (χ0) is 13.4. The first-order chi connectivity index (χ1) is 8.62. The summed E-state index contributed by atoms with van der Waals surface area (Å²) in [4.78, 5) is 0. The molecule has 18 heavy (non-hydrogen) atoms. The lowest BCUT2D eigenvalue weighted by molar-refractivity contribution is 0.359. The lowest BCUT2D eigenvalue weighted by atomic mass is 9.77. The van der Waals surface area contributed by atoms with Crippen molar-refractivity contribution in [1.82, 2.24) is 15.0 Å². The fourth-order valence-electron chi connectivity index (χ4n) is 2.51. The molecule has 0 aliphatic rings. The monoisotopic (exact) mass is 251 g/mol. The average molecular weight is 251 g/mol. The maximum absolute atomic E-state index is 4.35. The van der Waals surface area contributed by atoms with E-state index in [1.165, 1.54) is 57.1 Å². The summed E-state index contributed by atoms with van der Waals surface area (Å²) < 4.78 is 1.82. The highest BCUT2D eigenvalue weighted by Crippen LogP contribution is 2.33. The largest absolute Gasteiger partial charge is 0.255 e. The Balaban J connectivity index is 2.62. The number of aromatic nitrogens is 3. The minimum absolute atomic E-state index is 0.220. The molecular weight excluding hydrogens is 222 g/mol. The smallest absolute Gasteiger partial charge is 0.0885 e. The predicted molar refractivity (Wildman–Crippen MR) is 76.6 cm³/mol. The molecule has 1 aromatic rings. The number of nitrogens with zero attached hydrogens (tertiary/aromatic N) is 3. The molecule has 0 amide bonds. The normalized spacial score (nSPS) is 14.7. The van der Waals surface area contributed by atoms with E-state index in [4.69, 9.17) is 0 Å². The number of rotatable bonds is 9. The second-order valence-corrected chi connectivity index (χ2v) is 5.75. The van der Waals surface area contributed by atoms with E-state index < -0.39 is 0 Å². The van der Waals surface area contributed by atoms with Gasteiger partial charge < -0.3 is 0 Å². The van der Waals surface area contributed by atoms with Gasteiger partial charge in [0.25, 0.3) is 0 Å². The summed E-state index contributed by atoms with van der Waals surface area (Å²) in [5.41, 5.74) is 1.40. The van der Waals surface area contributed by atoms with E-state index in [0.717, 1.165) is 0 Å². The Bertz CT molecular complexity index is 332. The van der Waals surface area contributed by atoms with E-state index in [1.54, 1.807) is 0 Å². The second-order valence-electron chi connectivity index (χ2n) is 5.75. The number of unbranched alkanes of at least 4 members (excludes halogenated alkanes) is 4. The van der Waals surface area contributed by atoms with E-state index in [1.807, 2.05) is 11.7 Å². The van der Waals surface area contributed by atoms with Crippen LogP contribution < -0.4 is 0 Å². The molecule has 1 aromatic heterocycles. The van der Waals surface area contributed by atoms with Crippen molar-refractivity contribution in [2.75, 3.05) is 0 Å². The fraction of sp³-hybridized carbons (Fsp3) is 0.867. The Labute approximate surface area is 112 Å². The summed E-state index contributed by atoms with van der Waals surface area (Å²) in [6.45, 7) is 6.88. The van der Waals surface area contributed by atoms with Gasteiger partial charge in [0.1, 0.15) is 0 Å². The topological polar surface area (TPSA) is 30.7 Å². The van der Waals surface area contributed by atoms with Crippen molar-refractivity contribution in [2.24, 2.45) is 7.05 Å². The van der Waals surface area contributed by atoms with Crippen LogP contribution in [0.1, 0.15) is 77.8 Å². The fourth-order valence-corrected chi connectivity index (χ4v) is 2.51. The molecule has 104 valence electrons. The molecule has 0 radical (unpaired) electrons. The van der Waals surface area contributed by atoms with Crippen molar-refractivity contribution in [3.63, 3.8) is 0 Å². The number of aryl methyl sites for hydroxylation is 1. The minimum Gasteiger partial charge on any atom is -0.255 e. The Morgan fingerprint density at radius 3 is 2.28 bits per heavy atom. The Kier molecular flexibility index (Phi) is 6.37. The Morgan fingerprint density at radius 2 is 1.72 bits per heavy atom. The predicted octanol–water partition coefficient (Wildman–Crippen LogP) is 4.23. The first-order valence-electron chi connectivity index (χ1n) is 7.49. The summed E-state index contributed by atoms with van der Waals surface area (Å²) in [7, 11) is 1.95. The van der Waals surface area contributed by atoms with Gasteiger partial charge in [-0.05, 0) is 12.8 Å². The van der Waals surface area contributed by atoms with E-state index in [0.29, 0.717) is 0 Å². The number of hydrogen-bond acceptors (Lipinski definition) is 2. The molecule has 1 atom stereocenters. The third-order valence-electron chi connectivity index (χ3n) is 3.89. The van der Waals surface area contributed by atoms with Crippen LogP contribution in [-0.4, -0.2) is 15.0 Å².